The molecule has 0 saturated heterocycles. The molecule has 0 aliphatic carbocycles. The van der Waals surface area contributed by atoms with Crippen LogP contribution in [0.4, 0.5) is 5.69 Å². The van der Waals surface area contributed by atoms with Gasteiger partial charge in [-0.2, -0.15) is 0 Å². The van der Waals surface area contributed by atoms with E-state index in [1.54, 1.807) is 0 Å². The van der Waals surface area contributed by atoms with Crippen LogP contribution in [0, 0.1) is 0 Å². The maximum absolute atomic E-state index is 10.7. The van der Waals surface area contributed by atoms with Gasteiger partial charge in [0.2, 0.25) is 0 Å². The normalized spacial score (nSPS) is 12.1. The fraction of sp³-hybridized carbons (Fsp3) is 0.300. The summed E-state index contributed by atoms with van der Waals surface area (Å²) in [5.41, 5.74) is 0.844. The van der Waals surface area contributed by atoms with Crippen LogP contribution >= 0.6 is 0 Å². The Bertz CT molecular complexity index is 272. The predicted octanol–water partition coefficient (Wildman–Crippen LogP) is 1.96. The van der Waals surface area contributed by atoms with Crippen LogP contribution in [-0.2, 0) is 4.79 Å². The highest BCUT2D eigenvalue weighted by Crippen LogP contribution is 2.08. The first-order valence-corrected chi connectivity index (χ1v) is 4.28. The van der Waals surface area contributed by atoms with Crippen LogP contribution in [0.1, 0.15) is 13.3 Å². The molecule has 3 nitrogen and oxygen atoms in total. The van der Waals surface area contributed by atoms with Crippen LogP contribution in [0.3, 0.4) is 0 Å². The van der Waals surface area contributed by atoms with E-state index in [0.717, 1.165) is 5.69 Å². The first-order valence-electron chi connectivity index (χ1n) is 4.28. The van der Waals surface area contributed by atoms with Gasteiger partial charge in [0.1, 0.15) is 6.04 Å². The molecule has 1 aromatic carbocycles. The second kappa shape index (κ2) is 4.50. The number of carbonyl (C=O) groups is 1. The molecule has 0 amide bonds. The van der Waals surface area contributed by atoms with Crippen molar-refractivity contribution in [3.8, 4) is 0 Å². The van der Waals surface area contributed by atoms with Gasteiger partial charge in [-0.25, -0.2) is 4.79 Å². The third-order valence-corrected chi connectivity index (χ3v) is 1.82. The summed E-state index contributed by atoms with van der Waals surface area (Å²) in [7, 11) is 0. The van der Waals surface area contributed by atoms with E-state index in [1.807, 2.05) is 37.3 Å². The van der Waals surface area contributed by atoms with Gasteiger partial charge in [-0.3, -0.25) is 0 Å². The summed E-state index contributed by atoms with van der Waals surface area (Å²) in [5, 5.41) is 11.7. The van der Waals surface area contributed by atoms with Crippen LogP contribution in [0.5, 0.6) is 0 Å². The molecule has 1 rings (SSSR count). The molecule has 0 saturated carbocycles. The van der Waals surface area contributed by atoms with Gasteiger partial charge in [-0.15, -0.1) is 0 Å². The predicted molar refractivity (Wildman–Crippen MR) is 51.8 cm³/mol. The van der Waals surface area contributed by atoms with Gasteiger partial charge in [0.05, 0.1) is 0 Å². The Morgan fingerprint density at radius 1 is 1.46 bits per heavy atom. The van der Waals surface area contributed by atoms with Gasteiger partial charge in [0, 0.05) is 5.69 Å². The zero-order chi connectivity index (χ0) is 9.68. The molecule has 70 valence electrons. The molecule has 0 aliphatic rings. The lowest BCUT2D eigenvalue weighted by atomic mass is 10.2. The number of hydrogen-bond acceptors (Lipinski definition) is 2. The topological polar surface area (TPSA) is 49.3 Å². The van der Waals surface area contributed by atoms with E-state index in [9.17, 15) is 4.79 Å². The standard InChI is InChI=1S/C10H13NO2/c1-2-9(10(12)13)11-8-6-4-3-5-7-8/h3-7,9,11H,2H2,1H3,(H,12,13)/t9-/m0/s1. The highest BCUT2D eigenvalue weighted by atomic mass is 16.4. The molecule has 0 spiro atoms. The van der Waals surface area contributed by atoms with E-state index in [0.29, 0.717) is 6.42 Å². The highest BCUT2D eigenvalue weighted by molar-refractivity contribution is 5.77. The number of carboxylic acid groups (broad SMARTS) is 1. The van der Waals surface area contributed by atoms with E-state index in [1.165, 1.54) is 0 Å². The highest BCUT2D eigenvalue weighted by Gasteiger charge is 2.13. The number of benzene rings is 1. The maximum Gasteiger partial charge on any atom is 0.326 e. The maximum atomic E-state index is 10.7. The molecule has 2 N–H and O–H groups in total. The average Bonchev–Trinajstić information content (AvgIpc) is 2.15. The molecule has 13 heavy (non-hydrogen) atoms. The number of rotatable bonds is 4. The lowest BCUT2D eigenvalue weighted by Crippen LogP contribution is -2.28. The third kappa shape index (κ3) is 2.78. The van der Waals surface area contributed by atoms with Crippen molar-refractivity contribution < 1.29 is 9.90 Å². The van der Waals surface area contributed by atoms with Crippen molar-refractivity contribution in [2.24, 2.45) is 0 Å². The number of carboxylic acids is 1. The van der Waals surface area contributed by atoms with E-state index < -0.39 is 12.0 Å². The SMILES string of the molecule is CC[C@H](Nc1ccccc1)C(=O)O. The lowest BCUT2D eigenvalue weighted by Gasteiger charge is -2.12. The first kappa shape index (κ1) is 9.58. The monoisotopic (exact) mass is 179 g/mol. The minimum atomic E-state index is -0.814. The summed E-state index contributed by atoms with van der Waals surface area (Å²) in [5.74, 6) is -0.814. The van der Waals surface area contributed by atoms with E-state index in [4.69, 9.17) is 5.11 Å². The smallest absolute Gasteiger partial charge is 0.326 e. The fourth-order valence-electron chi connectivity index (χ4n) is 1.07. The molecule has 0 unspecified atom stereocenters. The number of nitrogens with one attached hydrogen (secondary N) is 1. The van der Waals surface area contributed by atoms with Crippen LogP contribution in [-0.4, -0.2) is 17.1 Å². The van der Waals surface area contributed by atoms with Crippen LogP contribution in [0.25, 0.3) is 0 Å². The van der Waals surface area contributed by atoms with Crippen LogP contribution < -0.4 is 5.32 Å². The van der Waals surface area contributed by atoms with Gasteiger partial charge in [0.15, 0.2) is 0 Å². The number of para-hydroxylation sites is 1. The average molecular weight is 179 g/mol. The number of hydrogen-bond donors (Lipinski definition) is 2. The quantitative estimate of drug-likeness (QED) is 0.742. The summed E-state index contributed by atoms with van der Waals surface area (Å²) in [6.07, 6.45) is 0.574. The fourth-order valence-corrected chi connectivity index (χ4v) is 1.07. The summed E-state index contributed by atoms with van der Waals surface area (Å²) in [6.45, 7) is 1.84. The van der Waals surface area contributed by atoms with Crippen molar-refractivity contribution in [3.05, 3.63) is 30.3 Å². The molecule has 0 aliphatic heterocycles. The van der Waals surface area contributed by atoms with E-state index >= 15 is 0 Å². The Labute approximate surface area is 77.4 Å². The van der Waals surface area contributed by atoms with Crippen LogP contribution in [0.15, 0.2) is 30.3 Å². The van der Waals surface area contributed by atoms with Gasteiger partial charge in [0.25, 0.3) is 0 Å². The van der Waals surface area contributed by atoms with Gasteiger partial charge in [-0.1, -0.05) is 25.1 Å². The Hall–Kier alpha value is -1.51. The Morgan fingerprint density at radius 2 is 2.08 bits per heavy atom. The Kier molecular flexibility index (Phi) is 3.31. The van der Waals surface area contributed by atoms with E-state index in [-0.39, 0.29) is 0 Å². The molecule has 3 heteroatoms. The molecule has 1 atom stereocenters. The van der Waals surface area contributed by atoms with Crippen molar-refractivity contribution in [3.63, 3.8) is 0 Å². The minimum absolute atomic E-state index is 0.498. The number of aliphatic carboxylic acids is 1. The molecule has 0 fully saturated rings. The summed E-state index contributed by atoms with van der Waals surface area (Å²) in [4.78, 5) is 10.7. The van der Waals surface area contributed by atoms with Crippen molar-refractivity contribution >= 4 is 11.7 Å². The molecular weight excluding hydrogens is 166 g/mol. The van der Waals surface area contributed by atoms with Crippen LogP contribution in [0.2, 0.25) is 0 Å². The number of anilines is 1. The second-order valence-corrected chi connectivity index (χ2v) is 2.81. The van der Waals surface area contributed by atoms with Gasteiger partial charge < -0.3 is 10.4 Å². The van der Waals surface area contributed by atoms with Crippen molar-refractivity contribution in [1.82, 2.24) is 0 Å². The van der Waals surface area contributed by atoms with Gasteiger partial charge in [-0.05, 0) is 18.6 Å². The molecular formula is C10H13NO2. The molecule has 0 radical (unpaired) electrons. The lowest BCUT2D eigenvalue weighted by molar-refractivity contribution is -0.137. The third-order valence-electron chi connectivity index (χ3n) is 1.82. The Morgan fingerprint density at radius 3 is 2.54 bits per heavy atom. The van der Waals surface area contributed by atoms with E-state index in [2.05, 4.69) is 5.32 Å². The van der Waals surface area contributed by atoms with Crippen molar-refractivity contribution in [2.45, 2.75) is 19.4 Å². The van der Waals surface area contributed by atoms with Crippen molar-refractivity contribution in [1.29, 1.82) is 0 Å². The summed E-state index contributed by atoms with van der Waals surface area (Å²) in [6, 6.07) is 8.85. The Balaban J connectivity index is 2.62. The zero-order valence-corrected chi connectivity index (χ0v) is 7.53. The molecule has 0 heterocycles. The molecule has 0 bridgehead atoms. The van der Waals surface area contributed by atoms with Crippen molar-refractivity contribution in [2.75, 3.05) is 5.32 Å². The summed E-state index contributed by atoms with van der Waals surface area (Å²) >= 11 is 0. The summed E-state index contributed by atoms with van der Waals surface area (Å²) < 4.78 is 0. The molecule has 0 aromatic heterocycles. The zero-order valence-electron chi connectivity index (χ0n) is 7.53. The van der Waals surface area contributed by atoms with Gasteiger partial charge >= 0.3 is 5.97 Å². The largest absolute Gasteiger partial charge is 0.480 e. The first-order chi connectivity index (χ1) is 6.24. The second-order valence-electron chi connectivity index (χ2n) is 2.81. The minimum Gasteiger partial charge on any atom is -0.480 e. The molecule has 1 aromatic rings.